The van der Waals surface area contributed by atoms with Gasteiger partial charge in [-0.05, 0) is 18.8 Å². The zero-order chi connectivity index (χ0) is 11.5. The standard InChI is InChI=1S/C12H21N3O.ClH/c1-8(2)10(13)12-14-11(15-16-12)9-6-4-3-5-7-9;/h8-10H,3-7,13H2,1-2H3;1H. The third-order valence-electron chi connectivity index (χ3n) is 3.43. The van der Waals surface area contributed by atoms with Gasteiger partial charge in [-0.1, -0.05) is 38.3 Å². The van der Waals surface area contributed by atoms with E-state index in [1.165, 1.54) is 32.1 Å². The van der Waals surface area contributed by atoms with Gasteiger partial charge >= 0.3 is 0 Å². The molecule has 0 radical (unpaired) electrons. The molecule has 0 amide bonds. The molecule has 0 saturated heterocycles. The molecule has 2 N–H and O–H groups in total. The first-order valence-electron chi connectivity index (χ1n) is 6.27. The van der Waals surface area contributed by atoms with Crippen molar-refractivity contribution in [3.63, 3.8) is 0 Å². The maximum absolute atomic E-state index is 5.98. The van der Waals surface area contributed by atoms with E-state index in [1.54, 1.807) is 0 Å². The Morgan fingerprint density at radius 3 is 2.47 bits per heavy atom. The van der Waals surface area contributed by atoms with Crippen LogP contribution in [0.4, 0.5) is 0 Å². The Balaban J connectivity index is 0.00000144. The first-order valence-corrected chi connectivity index (χ1v) is 6.27. The van der Waals surface area contributed by atoms with Crippen LogP contribution in [0.5, 0.6) is 0 Å². The lowest BCUT2D eigenvalue weighted by Gasteiger charge is -2.17. The van der Waals surface area contributed by atoms with Crippen LogP contribution in [0.25, 0.3) is 0 Å². The molecule has 17 heavy (non-hydrogen) atoms. The van der Waals surface area contributed by atoms with Crippen molar-refractivity contribution in [3.05, 3.63) is 11.7 Å². The van der Waals surface area contributed by atoms with Gasteiger partial charge in [-0.2, -0.15) is 4.98 Å². The fourth-order valence-electron chi connectivity index (χ4n) is 2.19. The predicted molar refractivity (Wildman–Crippen MR) is 69.1 cm³/mol. The van der Waals surface area contributed by atoms with Gasteiger partial charge in [0, 0.05) is 5.92 Å². The van der Waals surface area contributed by atoms with E-state index in [4.69, 9.17) is 10.3 Å². The van der Waals surface area contributed by atoms with Crippen LogP contribution in [0.3, 0.4) is 0 Å². The highest BCUT2D eigenvalue weighted by Crippen LogP contribution is 2.31. The van der Waals surface area contributed by atoms with Crippen molar-refractivity contribution in [1.82, 2.24) is 10.1 Å². The van der Waals surface area contributed by atoms with Gasteiger partial charge in [-0.3, -0.25) is 0 Å². The lowest BCUT2D eigenvalue weighted by Crippen LogP contribution is -2.17. The fraction of sp³-hybridized carbons (Fsp3) is 0.833. The second kappa shape index (κ2) is 6.36. The molecule has 0 spiro atoms. The van der Waals surface area contributed by atoms with Crippen LogP contribution < -0.4 is 5.73 Å². The number of halogens is 1. The van der Waals surface area contributed by atoms with Crippen LogP contribution in [0.2, 0.25) is 0 Å². The summed E-state index contributed by atoms with van der Waals surface area (Å²) in [4.78, 5) is 4.45. The van der Waals surface area contributed by atoms with Crippen molar-refractivity contribution in [2.24, 2.45) is 11.7 Å². The van der Waals surface area contributed by atoms with E-state index >= 15 is 0 Å². The van der Waals surface area contributed by atoms with Crippen molar-refractivity contribution < 1.29 is 4.52 Å². The largest absolute Gasteiger partial charge is 0.338 e. The molecule has 1 atom stereocenters. The SMILES string of the molecule is CC(C)C(N)c1nc(C2CCCCC2)no1.Cl. The minimum absolute atomic E-state index is 0. The molecular formula is C12H22ClN3O. The number of nitrogens with zero attached hydrogens (tertiary/aromatic N) is 2. The van der Waals surface area contributed by atoms with Gasteiger partial charge < -0.3 is 10.3 Å². The Bertz CT molecular complexity index is 334. The molecule has 1 aromatic rings. The number of rotatable bonds is 3. The minimum Gasteiger partial charge on any atom is -0.338 e. The highest BCUT2D eigenvalue weighted by atomic mass is 35.5. The van der Waals surface area contributed by atoms with Crippen LogP contribution >= 0.6 is 12.4 Å². The maximum Gasteiger partial charge on any atom is 0.243 e. The third-order valence-corrected chi connectivity index (χ3v) is 3.43. The van der Waals surface area contributed by atoms with Gasteiger partial charge in [0.2, 0.25) is 5.89 Å². The maximum atomic E-state index is 5.98. The molecule has 1 aromatic heterocycles. The predicted octanol–water partition coefficient (Wildman–Crippen LogP) is 3.19. The smallest absolute Gasteiger partial charge is 0.243 e. The molecule has 1 aliphatic rings. The van der Waals surface area contributed by atoms with E-state index in [2.05, 4.69) is 24.0 Å². The summed E-state index contributed by atoms with van der Waals surface area (Å²) in [5.41, 5.74) is 5.98. The summed E-state index contributed by atoms with van der Waals surface area (Å²) < 4.78 is 5.25. The Hall–Kier alpha value is -0.610. The zero-order valence-corrected chi connectivity index (χ0v) is 11.4. The van der Waals surface area contributed by atoms with E-state index in [0.717, 1.165) is 5.82 Å². The molecule has 1 fully saturated rings. The number of hydrogen-bond donors (Lipinski definition) is 1. The minimum atomic E-state index is -0.134. The van der Waals surface area contributed by atoms with Crippen molar-refractivity contribution in [2.45, 2.75) is 57.9 Å². The molecule has 1 unspecified atom stereocenters. The summed E-state index contributed by atoms with van der Waals surface area (Å²) in [5, 5.41) is 4.08. The molecule has 0 aliphatic heterocycles. The highest BCUT2D eigenvalue weighted by Gasteiger charge is 2.23. The highest BCUT2D eigenvalue weighted by molar-refractivity contribution is 5.85. The summed E-state index contributed by atoms with van der Waals surface area (Å²) in [6, 6.07) is -0.134. The van der Waals surface area contributed by atoms with Crippen LogP contribution in [0.1, 0.15) is 69.6 Å². The average molecular weight is 260 g/mol. The number of hydrogen-bond acceptors (Lipinski definition) is 4. The quantitative estimate of drug-likeness (QED) is 0.905. The van der Waals surface area contributed by atoms with E-state index < -0.39 is 0 Å². The normalized spacial score (nSPS) is 19.1. The van der Waals surface area contributed by atoms with Crippen molar-refractivity contribution in [3.8, 4) is 0 Å². The molecule has 1 heterocycles. The Kier molecular flexibility index (Phi) is 5.40. The number of nitrogens with two attached hydrogens (primary N) is 1. The van der Waals surface area contributed by atoms with Crippen molar-refractivity contribution in [2.75, 3.05) is 0 Å². The average Bonchev–Trinajstić information content (AvgIpc) is 2.78. The van der Waals surface area contributed by atoms with Crippen LogP contribution in [-0.4, -0.2) is 10.1 Å². The molecule has 0 bridgehead atoms. The molecule has 5 heteroatoms. The molecule has 2 rings (SSSR count). The monoisotopic (exact) mass is 259 g/mol. The van der Waals surface area contributed by atoms with Gasteiger partial charge in [0.25, 0.3) is 0 Å². The van der Waals surface area contributed by atoms with Gasteiger partial charge in [0.05, 0.1) is 6.04 Å². The zero-order valence-electron chi connectivity index (χ0n) is 10.6. The molecule has 4 nitrogen and oxygen atoms in total. The van der Waals surface area contributed by atoms with Gasteiger partial charge in [0.15, 0.2) is 5.82 Å². The Morgan fingerprint density at radius 2 is 1.88 bits per heavy atom. The van der Waals surface area contributed by atoms with Crippen LogP contribution in [-0.2, 0) is 0 Å². The van der Waals surface area contributed by atoms with E-state index in [-0.39, 0.29) is 18.4 Å². The molecular weight excluding hydrogens is 238 g/mol. The van der Waals surface area contributed by atoms with Gasteiger partial charge in [0.1, 0.15) is 0 Å². The topological polar surface area (TPSA) is 64.9 Å². The lowest BCUT2D eigenvalue weighted by molar-refractivity contribution is 0.317. The lowest BCUT2D eigenvalue weighted by atomic mass is 9.89. The van der Waals surface area contributed by atoms with Gasteiger partial charge in [-0.25, -0.2) is 0 Å². The van der Waals surface area contributed by atoms with E-state index in [1.807, 2.05) is 0 Å². The summed E-state index contributed by atoms with van der Waals surface area (Å²) in [6.45, 7) is 4.13. The fourth-order valence-corrected chi connectivity index (χ4v) is 2.19. The van der Waals surface area contributed by atoms with Crippen molar-refractivity contribution >= 4 is 12.4 Å². The summed E-state index contributed by atoms with van der Waals surface area (Å²) in [6.07, 6.45) is 6.29. The first kappa shape index (κ1) is 14.5. The summed E-state index contributed by atoms with van der Waals surface area (Å²) >= 11 is 0. The number of aromatic nitrogens is 2. The van der Waals surface area contributed by atoms with Gasteiger partial charge in [-0.15, -0.1) is 12.4 Å². The molecule has 1 aliphatic carbocycles. The summed E-state index contributed by atoms with van der Waals surface area (Å²) in [7, 11) is 0. The third kappa shape index (κ3) is 3.42. The molecule has 1 saturated carbocycles. The first-order chi connectivity index (χ1) is 7.68. The van der Waals surface area contributed by atoms with E-state index in [0.29, 0.717) is 17.7 Å². The van der Waals surface area contributed by atoms with Crippen LogP contribution in [0.15, 0.2) is 4.52 Å². The van der Waals surface area contributed by atoms with Crippen LogP contribution in [0, 0.1) is 5.92 Å². The molecule has 0 aromatic carbocycles. The Morgan fingerprint density at radius 1 is 1.24 bits per heavy atom. The second-order valence-electron chi connectivity index (χ2n) is 5.10. The van der Waals surface area contributed by atoms with E-state index in [9.17, 15) is 0 Å². The Labute approximate surface area is 109 Å². The molecule has 98 valence electrons. The van der Waals surface area contributed by atoms with Crippen molar-refractivity contribution in [1.29, 1.82) is 0 Å². The second-order valence-corrected chi connectivity index (χ2v) is 5.10. The summed E-state index contributed by atoms with van der Waals surface area (Å²) in [5.74, 6) is 2.28.